The molecule has 1 fully saturated rings. The molecule has 0 aliphatic carbocycles. The van der Waals surface area contributed by atoms with E-state index in [1.54, 1.807) is 66.4 Å². The summed E-state index contributed by atoms with van der Waals surface area (Å²) < 4.78 is 20.1. The number of hydrogen-bond donors (Lipinski definition) is 2. The number of fused-ring (bicyclic) bond motifs is 4. The van der Waals surface area contributed by atoms with Crippen molar-refractivity contribution in [1.29, 1.82) is 0 Å². The summed E-state index contributed by atoms with van der Waals surface area (Å²) in [5, 5.41) is 7.68. The van der Waals surface area contributed by atoms with E-state index in [0.717, 1.165) is 5.56 Å². The Morgan fingerprint density at radius 1 is 1.09 bits per heavy atom. The van der Waals surface area contributed by atoms with Gasteiger partial charge in [-0.3, -0.25) is 9.69 Å². The lowest BCUT2D eigenvalue weighted by atomic mass is 9.78. The molecule has 0 aromatic heterocycles. The van der Waals surface area contributed by atoms with E-state index in [0.29, 0.717) is 32.3 Å². The minimum Gasteiger partial charge on any atom is -0.467 e. The first kappa shape index (κ1) is 21.9. The molecule has 2 heterocycles. The van der Waals surface area contributed by atoms with Crippen molar-refractivity contribution < 1.29 is 13.9 Å². The fourth-order valence-electron chi connectivity index (χ4n) is 4.49. The second-order valence-electron chi connectivity index (χ2n) is 8.05. The molecule has 1 amide bonds. The van der Waals surface area contributed by atoms with E-state index < -0.39 is 17.7 Å². The molecule has 2 aliphatic heterocycles. The molecule has 3 aromatic rings. The fraction of sp³-hybridized carbons (Fsp3) is 0.167. The van der Waals surface area contributed by atoms with Gasteiger partial charge in [-0.15, -0.1) is 0 Å². The van der Waals surface area contributed by atoms with Crippen molar-refractivity contribution in [1.82, 2.24) is 5.32 Å². The van der Waals surface area contributed by atoms with Crippen molar-refractivity contribution >= 4 is 57.8 Å². The number of nitrogens with zero attached hydrogens (tertiary/aromatic N) is 1. The summed E-state index contributed by atoms with van der Waals surface area (Å²) in [7, 11) is 0. The standard InChI is InChI=1S/C24H18Cl2FN3O2S/c1-24-20(22(31)28-16-7-2-13(25)3-8-16)21(18-12-14(26)4-11-19(18)32-24)29-23(33)30(24)17-9-5-15(27)6-10-17/h2-12,20-21H,1H3,(H,28,31)(H,29,33)/t20-,21+,24-/m1/s1. The third kappa shape index (κ3) is 3.80. The summed E-state index contributed by atoms with van der Waals surface area (Å²) in [6.07, 6.45) is 0. The van der Waals surface area contributed by atoms with Gasteiger partial charge in [0.2, 0.25) is 5.91 Å². The molecule has 3 aromatic carbocycles. The van der Waals surface area contributed by atoms with Crippen LogP contribution in [0.1, 0.15) is 18.5 Å². The summed E-state index contributed by atoms with van der Waals surface area (Å²) in [5.74, 6) is -0.808. The SMILES string of the molecule is C[C@]12Oc3ccc(Cl)cc3[C@H](NC(=S)N1c1ccc(F)cc1)[C@@H]2C(=O)Nc1ccc(Cl)cc1. The van der Waals surface area contributed by atoms with Crippen LogP contribution in [0.15, 0.2) is 66.7 Å². The van der Waals surface area contributed by atoms with Crippen LogP contribution in [0.4, 0.5) is 15.8 Å². The maximum atomic E-state index is 13.7. The molecule has 1 saturated heterocycles. The normalized spacial score (nSPS) is 23.3. The van der Waals surface area contributed by atoms with Gasteiger partial charge in [0, 0.05) is 27.0 Å². The van der Waals surface area contributed by atoms with Gasteiger partial charge in [0.1, 0.15) is 17.5 Å². The number of halogens is 3. The fourth-order valence-corrected chi connectivity index (χ4v) is 5.21. The second-order valence-corrected chi connectivity index (χ2v) is 9.31. The molecule has 9 heteroatoms. The van der Waals surface area contributed by atoms with Gasteiger partial charge >= 0.3 is 0 Å². The molecular formula is C24H18Cl2FN3O2S. The maximum Gasteiger partial charge on any atom is 0.236 e. The molecule has 5 rings (SSSR count). The highest BCUT2D eigenvalue weighted by molar-refractivity contribution is 7.80. The van der Waals surface area contributed by atoms with Gasteiger partial charge in [0.25, 0.3) is 0 Å². The first-order valence-corrected chi connectivity index (χ1v) is 11.3. The predicted molar refractivity (Wildman–Crippen MR) is 131 cm³/mol. The highest BCUT2D eigenvalue weighted by atomic mass is 35.5. The first-order valence-electron chi connectivity index (χ1n) is 10.2. The lowest BCUT2D eigenvalue weighted by Crippen LogP contribution is -2.72. The lowest BCUT2D eigenvalue weighted by Gasteiger charge is -2.56. The van der Waals surface area contributed by atoms with Crippen molar-refractivity contribution in [2.75, 3.05) is 10.2 Å². The third-order valence-electron chi connectivity index (χ3n) is 5.94. The van der Waals surface area contributed by atoms with Gasteiger partial charge in [0.05, 0.1) is 6.04 Å². The first-order chi connectivity index (χ1) is 15.8. The lowest BCUT2D eigenvalue weighted by molar-refractivity contribution is -0.130. The highest BCUT2D eigenvalue weighted by Crippen LogP contribution is 2.50. The quantitative estimate of drug-likeness (QED) is 0.435. The smallest absolute Gasteiger partial charge is 0.236 e. The third-order valence-corrected chi connectivity index (χ3v) is 6.73. The van der Waals surface area contributed by atoms with Crippen LogP contribution in [-0.2, 0) is 4.79 Å². The molecule has 33 heavy (non-hydrogen) atoms. The van der Waals surface area contributed by atoms with E-state index >= 15 is 0 Å². The summed E-state index contributed by atoms with van der Waals surface area (Å²) in [6.45, 7) is 1.81. The van der Waals surface area contributed by atoms with E-state index in [2.05, 4.69) is 10.6 Å². The Morgan fingerprint density at radius 3 is 2.45 bits per heavy atom. The molecule has 2 bridgehead atoms. The van der Waals surface area contributed by atoms with Gasteiger partial charge in [0.15, 0.2) is 10.8 Å². The number of hydrogen-bond acceptors (Lipinski definition) is 3. The molecule has 2 N–H and O–H groups in total. The molecular weight excluding hydrogens is 484 g/mol. The van der Waals surface area contributed by atoms with Crippen molar-refractivity contribution in [2.24, 2.45) is 5.92 Å². The number of thiocarbonyl (C=S) groups is 1. The van der Waals surface area contributed by atoms with Crippen LogP contribution in [0.5, 0.6) is 5.75 Å². The molecule has 5 nitrogen and oxygen atoms in total. The Hall–Kier alpha value is -2.87. The number of nitrogens with one attached hydrogen (secondary N) is 2. The number of benzene rings is 3. The second kappa shape index (κ2) is 8.17. The Labute approximate surface area is 205 Å². The van der Waals surface area contributed by atoms with Crippen LogP contribution in [0.3, 0.4) is 0 Å². The zero-order valence-electron chi connectivity index (χ0n) is 17.3. The number of ether oxygens (including phenoxy) is 1. The van der Waals surface area contributed by atoms with Gasteiger partial charge in [-0.25, -0.2) is 4.39 Å². The van der Waals surface area contributed by atoms with E-state index in [9.17, 15) is 9.18 Å². The monoisotopic (exact) mass is 501 g/mol. The van der Waals surface area contributed by atoms with E-state index in [1.807, 2.05) is 0 Å². The topological polar surface area (TPSA) is 53.6 Å². The average Bonchev–Trinajstić information content (AvgIpc) is 2.77. The van der Waals surface area contributed by atoms with Crippen molar-refractivity contribution in [3.05, 3.63) is 88.2 Å². The molecule has 168 valence electrons. The summed E-state index contributed by atoms with van der Waals surface area (Å²) in [4.78, 5) is 15.4. The minimum atomic E-state index is -1.21. The molecule has 3 atom stereocenters. The Balaban J connectivity index is 1.62. The summed E-state index contributed by atoms with van der Waals surface area (Å²) >= 11 is 17.9. The molecule has 0 unspecified atom stereocenters. The number of anilines is 2. The van der Waals surface area contributed by atoms with Crippen LogP contribution in [0.2, 0.25) is 10.0 Å². The number of carbonyl (C=O) groups excluding carboxylic acids is 1. The van der Waals surface area contributed by atoms with Crippen molar-refractivity contribution in [3.63, 3.8) is 0 Å². The zero-order valence-corrected chi connectivity index (χ0v) is 19.6. The number of rotatable bonds is 3. The van der Waals surface area contributed by atoms with E-state index in [4.69, 9.17) is 40.2 Å². The maximum absolute atomic E-state index is 13.7. The van der Waals surface area contributed by atoms with Crippen LogP contribution >= 0.6 is 35.4 Å². The van der Waals surface area contributed by atoms with Gasteiger partial charge in [-0.2, -0.15) is 0 Å². The summed E-state index contributed by atoms with van der Waals surface area (Å²) in [6, 6.07) is 17.5. The molecule has 0 spiro atoms. The van der Waals surface area contributed by atoms with Crippen molar-refractivity contribution in [2.45, 2.75) is 18.7 Å². The Kier molecular flexibility index (Phi) is 5.43. The number of amides is 1. The van der Waals surface area contributed by atoms with Crippen LogP contribution in [-0.4, -0.2) is 16.7 Å². The van der Waals surface area contributed by atoms with Gasteiger partial charge in [-0.1, -0.05) is 23.2 Å². The molecule has 0 radical (unpaired) electrons. The Bertz CT molecular complexity index is 1260. The highest BCUT2D eigenvalue weighted by Gasteiger charge is 2.59. The van der Waals surface area contributed by atoms with Crippen LogP contribution < -0.4 is 20.3 Å². The number of carbonyl (C=O) groups is 1. The van der Waals surface area contributed by atoms with E-state index in [-0.39, 0.29) is 11.7 Å². The zero-order chi connectivity index (χ0) is 23.3. The minimum absolute atomic E-state index is 0.280. The summed E-state index contributed by atoms with van der Waals surface area (Å²) in [5.41, 5.74) is 0.718. The molecule has 0 saturated carbocycles. The average molecular weight is 502 g/mol. The van der Waals surface area contributed by atoms with Gasteiger partial charge in [-0.05, 0) is 85.9 Å². The Morgan fingerprint density at radius 2 is 1.76 bits per heavy atom. The van der Waals surface area contributed by atoms with Crippen LogP contribution in [0, 0.1) is 11.7 Å². The molecule has 2 aliphatic rings. The van der Waals surface area contributed by atoms with Crippen LogP contribution in [0.25, 0.3) is 0 Å². The van der Waals surface area contributed by atoms with E-state index in [1.165, 1.54) is 12.1 Å². The largest absolute Gasteiger partial charge is 0.467 e. The van der Waals surface area contributed by atoms with Gasteiger partial charge < -0.3 is 15.4 Å². The predicted octanol–water partition coefficient (Wildman–Crippen LogP) is 5.93. The van der Waals surface area contributed by atoms with Crippen molar-refractivity contribution in [3.8, 4) is 5.75 Å².